The van der Waals surface area contributed by atoms with E-state index >= 15 is 0 Å². The molecule has 1 saturated carbocycles. The predicted molar refractivity (Wildman–Crippen MR) is 101 cm³/mol. The standard InChI is InChI=1S/C20H17F3N4O3/c1-30-17-8-15-12(9-27(26-15)13-5-11(6-13)10-28)7-16(17)25-19(29)14-3-2-4-18(24-14)20(21,22)23/h2-4,7-11,13H,5-6H2,1H3,(H,25,29)/t11-,13-. The van der Waals surface area contributed by atoms with Crippen molar-refractivity contribution in [3.63, 3.8) is 0 Å². The molecule has 156 valence electrons. The van der Waals surface area contributed by atoms with E-state index in [4.69, 9.17) is 4.74 Å². The Morgan fingerprint density at radius 3 is 2.73 bits per heavy atom. The van der Waals surface area contributed by atoms with Crippen molar-refractivity contribution < 1.29 is 27.5 Å². The molecule has 0 saturated heterocycles. The number of aromatic nitrogens is 3. The maximum atomic E-state index is 12.9. The summed E-state index contributed by atoms with van der Waals surface area (Å²) in [5, 5.41) is 7.77. The number of carbonyl (C=O) groups excluding carboxylic acids is 2. The molecule has 1 aromatic carbocycles. The molecule has 10 heteroatoms. The molecule has 0 unspecified atom stereocenters. The number of ether oxygens (including phenoxy) is 1. The van der Waals surface area contributed by atoms with Crippen LogP contribution in [0.3, 0.4) is 0 Å². The highest BCUT2D eigenvalue weighted by Crippen LogP contribution is 2.38. The van der Waals surface area contributed by atoms with Crippen molar-refractivity contribution in [1.82, 2.24) is 14.8 Å². The summed E-state index contributed by atoms with van der Waals surface area (Å²) in [7, 11) is 1.41. The van der Waals surface area contributed by atoms with Gasteiger partial charge in [0.2, 0.25) is 0 Å². The molecular weight excluding hydrogens is 401 g/mol. The summed E-state index contributed by atoms with van der Waals surface area (Å²) in [6.45, 7) is 0. The van der Waals surface area contributed by atoms with E-state index in [1.54, 1.807) is 23.0 Å². The van der Waals surface area contributed by atoms with Gasteiger partial charge in [0.15, 0.2) is 0 Å². The van der Waals surface area contributed by atoms with Crippen LogP contribution in [0.5, 0.6) is 5.75 Å². The third-order valence-corrected chi connectivity index (χ3v) is 5.08. The highest BCUT2D eigenvalue weighted by Gasteiger charge is 2.33. The molecule has 2 heterocycles. The molecule has 4 rings (SSSR count). The SMILES string of the molecule is COc1cc2nn([C@H]3C[C@H](C=O)C3)cc2cc1NC(=O)c1cccc(C(F)(F)F)n1. The Kier molecular flexibility index (Phi) is 4.92. The van der Waals surface area contributed by atoms with E-state index in [-0.39, 0.29) is 23.3 Å². The highest BCUT2D eigenvalue weighted by atomic mass is 19.4. The van der Waals surface area contributed by atoms with Crippen molar-refractivity contribution in [2.75, 3.05) is 12.4 Å². The van der Waals surface area contributed by atoms with E-state index in [1.165, 1.54) is 13.2 Å². The average Bonchev–Trinajstić information content (AvgIpc) is 3.08. The number of halogens is 3. The highest BCUT2D eigenvalue weighted by molar-refractivity contribution is 6.05. The van der Waals surface area contributed by atoms with Crippen LogP contribution in [0, 0.1) is 5.92 Å². The van der Waals surface area contributed by atoms with E-state index in [2.05, 4.69) is 15.4 Å². The maximum absolute atomic E-state index is 12.9. The van der Waals surface area contributed by atoms with Gasteiger partial charge in [-0.25, -0.2) is 4.98 Å². The van der Waals surface area contributed by atoms with Gasteiger partial charge in [0.05, 0.1) is 24.4 Å². The van der Waals surface area contributed by atoms with Gasteiger partial charge in [-0.3, -0.25) is 9.48 Å². The molecule has 1 fully saturated rings. The molecule has 1 N–H and O–H groups in total. The number of alkyl halides is 3. The molecule has 1 aliphatic carbocycles. The molecule has 2 aromatic heterocycles. The van der Waals surface area contributed by atoms with Crippen molar-refractivity contribution in [3.05, 3.63) is 47.9 Å². The summed E-state index contributed by atoms with van der Waals surface area (Å²) >= 11 is 0. The van der Waals surface area contributed by atoms with Crippen molar-refractivity contribution in [1.29, 1.82) is 0 Å². The summed E-state index contributed by atoms with van der Waals surface area (Å²) in [5.41, 5.74) is -0.588. The largest absolute Gasteiger partial charge is 0.494 e. The van der Waals surface area contributed by atoms with Crippen molar-refractivity contribution >= 4 is 28.8 Å². The predicted octanol–water partition coefficient (Wildman–Crippen LogP) is 3.86. The third-order valence-electron chi connectivity index (χ3n) is 5.08. The number of methoxy groups -OCH3 is 1. The normalized spacial score (nSPS) is 18.7. The van der Waals surface area contributed by atoms with Crippen LogP contribution in [0.25, 0.3) is 10.9 Å². The van der Waals surface area contributed by atoms with Crippen LogP contribution in [0.4, 0.5) is 18.9 Å². The number of rotatable bonds is 5. The summed E-state index contributed by atoms with van der Waals surface area (Å²) < 4.78 is 45.7. The first-order chi connectivity index (χ1) is 14.3. The molecule has 0 spiro atoms. The van der Waals surface area contributed by atoms with E-state index in [1.807, 2.05) is 0 Å². The number of fused-ring (bicyclic) bond motifs is 1. The minimum Gasteiger partial charge on any atom is -0.494 e. The van der Waals surface area contributed by atoms with E-state index in [0.717, 1.165) is 36.6 Å². The Balaban J connectivity index is 1.60. The van der Waals surface area contributed by atoms with Crippen molar-refractivity contribution in [2.45, 2.75) is 25.1 Å². The van der Waals surface area contributed by atoms with Gasteiger partial charge < -0.3 is 14.8 Å². The van der Waals surface area contributed by atoms with Crippen LogP contribution in [0.1, 0.15) is 35.1 Å². The lowest BCUT2D eigenvalue weighted by molar-refractivity contribution is -0.141. The van der Waals surface area contributed by atoms with Gasteiger partial charge >= 0.3 is 6.18 Å². The summed E-state index contributed by atoms with van der Waals surface area (Å²) in [4.78, 5) is 26.7. The van der Waals surface area contributed by atoms with Gasteiger partial charge in [0, 0.05) is 23.6 Å². The molecule has 1 amide bonds. The van der Waals surface area contributed by atoms with Gasteiger partial charge in [-0.15, -0.1) is 0 Å². The number of nitrogens with one attached hydrogen (secondary N) is 1. The fraction of sp³-hybridized carbons (Fsp3) is 0.300. The first kappa shape index (κ1) is 19.9. The quantitative estimate of drug-likeness (QED) is 0.636. The Morgan fingerprint density at radius 2 is 2.07 bits per heavy atom. The number of nitrogens with zero attached hydrogens (tertiary/aromatic N) is 3. The van der Waals surface area contributed by atoms with Gasteiger partial charge in [-0.2, -0.15) is 18.3 Å². The Hall–Kier alpha value is -3.43. The molecule has 0 bridgehead atoms. The van der Waals surface area contributed by atoms with E-state index < -0.39 is 17.8 Å². The molecule has 30 heavy (non-hydrogen) atoms. The zero-order valence-corrected chi connectivity index (χ0v) is 15.8. The molecule has 0 aliphatic heterocycles. The second-order valence-corrected chi connectivity index (χ2v) is 7.10. The van der Waals surface area contributed by atoms with Gasteiger partial charge in [-0.1, -0.05) is 6.07 Å². The number of hydrogen-bond donors (Lipinski definition) is 1. The lowest BCUT2D eigenvalue weighted by Crippen LogP contribution is -2.27. The van der Waals surface area contributed by atoms with Crippen LogP contribution in [-0.4, -0.2) is 34.1 Å². The summed E-state index contributed by atoms with van der Waals surface area (Å²) in [5.74, 6) is -0.432. The van der Waals surface area contributed by atoms with Gasteiger partial charge in [0.1, 0.15) is 23.4 Å². The van der Waals surface area contributed by atoms with Gasteiger partial charge in [-0.05, 0) is 31.0 Å². The molecule has 0 radical (unpaired) electrons. The Bertz CT molecular complexity index is 1120. The second-order valence-electron chi connectivity index (χ2n) is 7.10. The zero-order chi connectivity index (χ0) is 21.5. The first-order valence-electron chi connectivity index (χ1n) is 9.16. The first-order valence-corrected chi connectivity index (χ1v) is 9.16. The van der Waals surface area contributed by atoms with E-state index in [9.17, 15) is 22.8 Å². The topological polar surface area (TPSA) is 86.1 Å². The average molecular weight is 418 g/mol. The molecule has 7 nitrogen and oxygen atoms in total. The van der Waals surface area contributed by atoms with Crippen LogP contribution in [0.2, 0.25) is 0 Å². The number of amides is 1. The molecule has 3 aromatic rings. The minimum absolute atomic E-state index is 0.0478. The Labute approximate surface area is 168 Å². The van der Waals surface area contributed by atoms with Crippen LogP contribution in [0.15, 0.2) is 36.5 Å². The number of anilines is 1. The zero-order valence-electron chi connectivity index (χ0n) is 15.8. The number of pyridine rings is 1. The third kappa shape index (κ3) is 3.72. The monoisotopic (exact) mass is 418 g/mol. The van der Waals surface area contributed by atoms with Crippen LogP contribution in [-0.2, 0) is 11.0 Å². The van der Waals surface area contributed by atoms with Crippen LogP contribution >= 0.6 is 0 Å². The smallest absolute Gasteiger partial charge is 0.433 e. The Morgan fingerprint density at radius 1 is 1.30 bits per heavy atom. The molecule has 1 aliphatic rings. The number of benzene rings is 1. The van der Waals surface area contributed by atoms with Crippen LogP contribution < -0.4 is 10.1 Å². The fourth-order valence-electron chi connectivity index (χ4n) is 3.39. The van der Waals surface area contributed by atoms with Gasteiger partial charge in [0.25, 0.3) is 5.91 Å². The number of hydrogen-bond acceptors (Lipinski definition) is 5. The summed E-state index contributed by atoms with van der Waals surface area (Å²) in [6, 6.07) is 6.53. The molecule has 0 atom stereocenters. The fourth-order valence-corrected chi connectivity index (χ4v) is 3.39. The maximum Gasteiger partial charge on any atom is 0.433 e. The van der Waals surface area contributed by atoms with E-state index in [0.29, 0.717) is 11.3 Å². The van der Waals surface area contributed by atoms with Crippen molar-refractivity contribution in [3.8, 4) is 5.75 Å². The molecular formula is C20H17F3N4O3. The lowest BCUT2D eigenvalue weighted by atomic mass is 9.81. The second kappa shape index (κ2) is 7.43. The van der Waals surface area contributed by atoms with Crippen molar-refractivity contribution in [2.24, 2.45) is 5.92 Å². The number of carbonyl (C=O) groups is 2. The summed E-state index contributed by atoms with van der Waals surface area (Å²) in [6.07, 6.45) is -0.457. The lowest BCUT2D eigenvalue weighted by Gasteiger charge is -2.31. The minimum atomic E-state index is -4.65. The number of aldehydes is 1.